The summed E-state index contributed by atoms with van der Waals surface area (Å²) in [5.41, 5.74) is 1.05. The van der Waals surface area contributed by atoms with Gasteiger partial charge in [0.25, 0.3) is 0 Å². The molecule has 1 aliphatic heterocycles. The van der Waals surface area contributed by atoms with E-state index in [4.69, 9.17) is 4.74 Å². The highest BCUT2D eigenvalue weighted by molar-refractivity contribution is 5.50. The molecule has 110 valence electrons. The van der Waals surface area contributed by atoms with Crippen LogP contribution in [0.4, 0.5) is 5.82 Å². The van der Waals surface area contributed by atoms with E-state index in [1.165, 1.54) is 25.7 Å². The molecule has 2 heterocycles. The van der Waals surface area contributed by atoms with E-state index < -0.39 is 0 Å². The number of ether oxygens (including phenoxy) is 1. The second-order valence-corrected chi connectivity index (χ2v) is 5.97. The van der Waals surface area contributed by atoms with Crippen LogP contribution in [-0.2, 0) is 0 Å². The maximum absolute atomic E-state index is 5.33. The van der Waals surface area contributed by atoms with Gasteiger partial charge in [0.1, 0.15) is 12.1 Å². The van der Waals surface area contributed by atoms with Crippen LogP contribution in [0.25, 0.3) is 0 Å². The van der Waals surface area contributed by atoms with E-state index in [-0.39, 0.29) is 0 Å². The lowest BCUT2D eigenvalue weighted by Gasteiger charge is -2.28. The van der Waals surface area contributed by atoms with Gasteiger partial charge in [0.05, 0.1) is 12.7 Å². The molecule has 0 spiro atoms. The lowest BCUT2D eigenvalue weighted by molar-refractivity contribution is 0.393. The molecule has 2 fully saturated rings. The lowest BCUT2D eigenvalue weighted by Crippen LogP contribution is -2.39. The molecule has 1 atom stereocenters. The van der Waals surface area contributed by atoms with Crippen LogP contribution >= 0.6 is 0 Å². The predicted molar refractivity (Wildman–Crippen MR) is 79.3 cm³/mol. The van der Waals surface area contributed by atoms with Crippen molar-refractivity contribution < 1.29 is 4.74 Å². The van der Waals surface area contributed by atoms with E-state index in [1.54, 1.807) is 13.4 Å². The Morgan fingerprint density at radius 1 is 1.30 bits per heavy atom. The van der Waals surface area contributed by atoms with E-state index in [0.29, 0.717) is 11.9 Å². The zero-order valence-electron chi connectivity index (χ0n) is 12.4. The largest absolute Gasteiger partial charge is 0.481 e. The van der Waals surface area contributed by atoms with Crippen LogP contribution in [0.1, 0.15) is 31.2 Å². The monoisotopic (exact) mass is 276 g/mol. The van der Waals surface area contributed by atoms with Crippen LogP contribution in [-0.4, -0.2) is 42.8 Å². The van der Waals surface area contributed by atoms with Gasteiger partial charge in [-0.15, -0.1) is 0 Å². The molecule has 3 rings (SSSR count). The van der Waals surface area contributed by atoms with Gasteiger partial charge in [-0.25, -0.2) is 9.97 Å². The quantitative estimate of drug-likeness (QED) is 0.858. The van der Waals surface area contributed by atoms with Crippen LogP contribution < -0.4 is 15.0 Å². The molecule has 5 nitrogen and oxygen atoms in total. The Morgan fingerprint density at radius 2 is 2.15 bits per heavy atom. The van der Waals surface area contributed by atoms with Crippen molar-refractivity contribution in [3.8, 4) is 5.88 Å². The number of methoxy groups -OCH3 is 1. The summed E-state index contributed by atoms with van der Waals surface area (Å²) < 4.78 is 5.33. The Hall–Kier alpha value is -1.36. The summed E-state index contributed by atoms with van der Waals surface area (Å²) in [6.45, 7) is 5.35. The Morgan fingerprint density at radius 3 is 2.80 bits per heavy atom. The van der Waals surface area contributed by atoms with Gasteiger partial charge in [-0.05, 0) is 45.1 Å². The minimum atomic E-state index is 0.592. The third kappa shape index (κ3) is 3.03. The van der Waals surface area contributed by atoms with Gasteiger partial charge in [-0.1, -0.05) is 0 Å². The highest BCUT2D eigenvalue weighted by Gasteiger charge is 2.28. The second-order valence-electron chi connectivity index (χ2n) is 5.97. The number of aromatic nitrogens is 2. The summed E-state index contributed by atoms with van der Waals surface area (Å²) >= 11 is 0. The lowest BCUT2D eigenvalue weighted by atomic mass is 10.2. The predicted octanol–water partition coefficient (Wildman–Crippen LogP) is 1.76. The average Bonchev–Trinajstić information content (AvgIpc) is 3.12. The molecule has 5 heteroatoms. The van der Waals surface area contributed by atoms with Gasteiger partial charge in [-0.3, -0.25) is 0 Å². The van der Waals surface area contributed by atoms with Gasteiger partial charge in [-0.2, -0.15) is 0 Å². The minimum Gasteiger partial charge on any atom is -0.481 e. The first-order valence-electron chi connectivity index (χ1n) is 7.62. The van der Waals surface area contributed by atoms with Crippen LogP contribution in [0.15, 0.2) is 6.33 Å². The first-order chi connectivity index (χ1) is 9.78. The van der Waals surface area contributed by atoms with E-state index in [2.05, 4.69) is 27.1 Å². The molecule has 1 aliphatic carbocycles. The van der Waals surface area contributed by atoms with Crippen molar-refractivity contribution in [2.24, 2.45) is 5.92 Å². The third-order valence-electron chi connectivity index (χ3n) is 4.28. The molecular formula is C15H24N4O. The maximum Gasteiger partial charge on any atom is 0.221 e. The SMILES string of the molecule is COc1ncnc(N(CC2CC2)CC2CCCN2)c1C. The summed E-state index contributed by atoms with van der Waals surface area (Å²) in [4.78, 5) is 11.1. The Labute approximate surface area is 120 Å². The summed E-state index contributed by atoms with van der Waals surface area (Å²) in [6.07, 6.45) is 6.88. The average molecular weight is 276 g/mol. The van der Waals surface area contributed by atoms with Crippen LogP contribution in [0.5, 0.6) is 5.88 Å². The molecule has 1 aromatic rings. The van der Waals surface area contributed by atoms with Crippen molar-refractivity contribution in [1.82, 2.24) is 15.3 Å². The summed E-state index contributed by atoms with van der Waals surface area (Å²) in [7, 11) is 1.67. The summed E-state index contributed by atoms with van der Waals surface area (Å²) in [5.74, 6) is 2.57. The summed E-state index contributed by atoms with van der Waals surface area (Å²) in [5, 5.41) is 3.58. The fourth-order valence-electron chi connectivity index (χ4n) is 2.99. The highest BCUT2D eigenvalue weighted by atomic mass is 16.5. The highest BCUT2D eigenvalue weighted by Crippen LogP contribution is 2.33. The minimum absolute atomic E-state index is 0.592. The molecule has 0 bridgehead atoms. The molecule has 1 saturated carbocycles. The molecule has 1 N–H and O–H groups in total. The molecule has 1 aromatic heterocycles. The smallest absolute Gasteiger partial charge is 0.221 e. The van der Waals surface area contributed by atoms with Gasteiger partial charge in [0, 0.05) is 19.1 Å². The molecule has 2 aliphatic rings. The van der Waals surface area contributed by atoms with E-state index in [0.717, 1.165) is 36.9 Å². The Bertz CT molecular complexity index is 455. The van der Waals surface area contributed by atoms with Crippen LogP contribution in [0.3, 0.4) is 0 Å². The molecular weight excluding hydrogens is 252 g/mol. The normalized spacial score (nSPS) is 22.0. The van der Waals surface area contributed by atoms with E-state index >= 15 is 0 Å². The van der Waals surface area contributed by atoms with Crippen molar-refractivity contribution in [2.75, 3.05) is 31.6 Å². The fourth-order valence-corrected chi connectivity index (χ4v) is 2.99. The van der Waals surface area contributed by atoms with Crippen molar-refractivity contribution >= 4 is 5.82 Å². The van der Waals surface area contributed by atoms with Crippen molar-refractivity contribution in [1.29, 1.82) is 0 Å². The van der Waals surface area contributed by atoms with E-state index in [9.17, 15) is 0 Å². The molecule has 0 amide bonds. The molecule has 20 heavy (non-hydrogen) atoms. The van der Waals surface area contributed by atoms with E-state index in [1.807, 2.05) is 0 Å². The number of hydrogen-bond acceptors (Lipinski definition) is 5. The van der Waals surface area contributed by atoms with Crippen molar-refractivity contribution in [3.05, 3.63) is 11.9 Å². The van der Waals surface area contributed by atoms with Crippen LogP contribution in [0, 0.1) is 12.8 Å². The number of nitrogens with zero attached hydrogens (tertiary/aromatic N) is 3. The molecule has 0 aromatic carbocycles. The Balaban J connectivity index is 1.79. The van der Waals surface area contributed by atoms with Crippen molar-refractivity contribution in [3.63, 3.8) is 0 Å². The molecule has 1 unspecified atom stereocenters. The first kappa shape index (κ1) is 13.6. The molecule has 1 saturated heterocycles. The standard InChI is InChI=1S/C15H24N4O/c1-11-14(17-10-18-15(11)20-2)19(8-12-5-6-12)9-13-4-3-7-16-13/h10,12-13,16H,3-9H2,1-2H3. The maximum atomic E-state index is 5.33. The Kier molecular flexibility index (Phi) is 4.05. The topological polar surface area (TPSA) is 50.3 Å². The number of rotatable bonds is 6. The molecule has 0 radical (unpaired) electrons. The number of anilines is 1. The van der Waals surface area contributed by atoms with Gasteiger partial charge in [0.15, 0.2) is 0 Å². The zero-order valence-corrected chi connectivity index (χ0v) is 12.4. The second kappa shape index (κ2) is 5.95. The van der Waals surface area contributed by atoms with Gasteiger partial charge < -0.3 is 15.0 Å². The van der Waals surface area contributed by atoms with Gasteiger partial charge >= 0.3 is 0 Å². The van der Waals surface area contributed by atoms with Gasteiger partial charge in [0.2, 0.25) is 5.88 Å². The third-order valence-corrected chi connectivity index (χ3v) is 4.28. The zero-order chi connectivity index (χ0) is 13.9. The number of hydrogen-bond donors (Lipinski definition) is 1. The fraction of sp³-hybridized carbons (Fsp3) is 0.733. The van der Waals surface area contributed by atoms with Crippen LogP contribution in [0.2, 0.25) is 0 Å². The van der Waals surface area contributed by atoms with Crippen molar-refractivity contribution in [2.45, 2.75) is 38.6 Å². The first-order valence-corrected chi connectivity index (χ1v) is 7.62. The summed E-state index contributed by atoms with van der Waals surface area (Å²) in [6, 6.07) is 0.592. The number of nitrogens with one attached hydrogen (secondary N) is 1.